The molecule has 0 atom stereocenters. The summed E-state index contributed by atoms with van der Waals surface area (Å²) in [5.41, 5.74) is 1.05. The molecule has 0 aliphatic heterocycles. The van der Waals surface area contributed by atoms with Crippen molar-refractivity contribution >= 4 is 33.4 Å². The van der Waals surface area contributed by atoms with E-state index in [4.69, 9.17) is 18.3 Å². The van der Waals surface area contributed by atoms with Crippen molar-refractivity contribution in [2.24, 2.45) is 9.98 Å². The van der Waals surface area contributed by atoms with Gasteiger partial charge in [-0.25, -0.2) is 0 Å². The quantitative estimate of drug-likeness (QED) is 0.336. The van der Waals surface area contributed by atoms with Gasteiger partial charge in [0.2, 0.25) is 0 Å². The number of aliphatic imine (C=N–C) groups is 2. The normalized spacial score (nSPS) is 10.9. The Morgan fingerprint density at radius 1 is 1.40 bits per heavy atom. The molecule has 15 heavy (non-hydrogen) atoms. The van der Waals surface area contributed by atoms with Crippen LogP contribution in [0.4, 0.5) is 5.69 Å². The molecule has 0 aliphatic carbocycles. The molecule has 0 saturated heterocycles. The first-order valence-electron chi connectivity index (χ1n) is 4.13. The van der Waals surface area contributed by atoms with Crippen LogP contribution >= 0.6 is 11.6 Å². The molecule has 0 unspecified atom stereocenters. The summed E-state index contributed by atoms with van der Waals surface area (Å²) in [5.74, 6) is 0. The Balaban J connectivity index is 2.82. The van der Waals surface area contributed by atoms with E-state index in [1.807, 2.05) is 42.3 Å². The molecule has 0 amide bonds. The second kappa shape index (κ2) is 5.94. The molecule has 0 bridgehead atoms. The van der Waals surface area contributed by atoms with Crippen molar-refractivity contribution in [2.45, 2.75) is 0 Å². The van der Waals surface area contributed by atoms with E-state index in [1.165, 1.54) is 19.4 Å². The number of hydrogen-bond donors (Lipinski definition) is 0. The Morgan fingerprint density at radius 2 is 2.00 bits per heavy atom. The molecular weight excluding hydrogens is 381 g/mol. The Bertz CT molecular complexity index is 389. The summed E-state index contributed by atoms with van der Waals surface area (Å²) in [6, 6.07) is 9.88. The number of para-hydroxylation sites is 1. The topological polar surface area (TPSA) is 28.0 Å². The fourth-order valence-electron chi connectivity index (χ4n) is 0.945. The first-order chi connectivity index (χ1) is 7.15. The fourth-order valence-corrected chi connectivity index (χ4v) is 1.91. The number of hydrogen-bond acceptors (Lipinski definition) is 2. The van der Waals surface area contributed by atoms with Gasteiger partial charge in [0.25, 0.3) is 0 Å². The van der Waals surface area contributed by atoms with Gasteiger partial charge >= 0.3 is 105 Å². The van der Waals surface area contributed by atoms with Crippen LogP contribution in [0.3, 0.4) is 0 Å². The summed E-state index contributed by atoms with van der Waals surface area (Å²) in [4.78, 5) is 9.26. The Hall–Kier alpha value is -0.792. The van der Waals surface area contributed by atoms with Crippen LogP contribution < -0.4 is 4.90 Å². The van der Waals surface area contributed by atoms with Crippen molar-refractivity contribution in [2.75, 3.05) is 11.9 Å². The minimum atomic E-state index is 0.0581. The van der Waals surface area contributed by atoms with Crippen molar-refractivity contribution in [3.8, 4) is 0 Å². The van der Waals surface area contributed by atoms with Crippen LogP contribution in [0, 0.1) is 0 Å². The van der Waals surface area contributed by atoms with E-state index in [1.54, 1.807) is 0 Å². The van der Waals surface area contributed by atoms with Crippen LogP contribution in [-0.4, -0.2) is 23.2 Å². The van der Waals surface area contributed by atoms with Gasteiger partial charge in [-0.3, -0.25) is 0 Å². The third kappa shape index (κ3) is 3.69. The van der Waals surface area contributed by atoms with Gasteiger partial charge in [0.05, 0.1) is 0 Å². The van der Waals surface area contributed by atoms with E-state index in [2.05, 4.69) is 9.98 Å². The molecule has 0 N–H and O–H groups in total. The second-order valence-electron chi connectivity index (χ2n) is 2.69. The third-order valence-electron chi connectivity index (χ3n) is 1.72. The molecule has 0 aliphatic rings. The van der Waals surface area contributed by atoms with E-state index >= 15 is 0 Å². The molecule has 78 valence electrons. The number of benzene rings is 1. The first kappa shape index (κ1) is 12.3. The molecule has 5 heteroatoms. The zero-order chi connectivity index (χ0) is 11.3. The zero-order valence-corrected chi connectivity index (χ0v) is 11.8. The van der Waals surface area contributed by atoms with E-state index in [-0.39, 0.29) is 5.29 Å². The average Bonchev–Trinajstić information content (AvgIpc) is 2.29. The van der Waals surface area contributed by atoms with Crippen LogP contribution in [0.15, 0.2) is 40.3 Å². The molecular formula is C10H9ClN3W-. The van der Waals surface area contributed by atoms with Crippen LogP contribution in [0.2, 0.25) is 0 Å². The molecule has 1 aromatic carbocycles. The van der Waals surface area contributed by atoms with Crippen molar-refractivity contribution in [1.82, 2.24) is 0 Å². The number of rotatable bonds is 3. The van der Waals surface area contributed by atoms with Gasteiger partial charge in [0.1, 0.15) is 0 Å². The number of nitrogens with zero attached hydrogens (tertiary/aromatic N) is 3. The standard InChI is InChI=1S/C10H9ClN3.W/c1-12-10(11)13-8-14(2)9-6-4-3-5-7-9;/h1,3-7H,2H3;/q-1;/b13-10-;. The first-order valence-corrected chi connectivity index (χ1v) is 5.97. The van der Waals surface area contributed by atoms with Gasteiger partial charge in [0, 0.05) is 0 Å². The average molecular weight is 390 g/mol. The van der Waals surface area contributed by atoms with Crippen molar-refractivity contribution < 1.29 is 19.4 Å². The van der Waals surface area contributed by atoms with Gasteiger partial charge in [-0.05, 0) is 0 Å². The van der Waals surface area contributed by atoms with Crippen molar-refractivity contribution in [3.05, 3.63) is 30.3 Å². The number of amidine groups is 1. The Morgan fingerprint density at radius 3 is 2.53 bits per heavy atom. The van der Waals surface area contributed by atoms with Gasteiger partial charge < -0.3 is 0 Å². The Labute approximate surface area is 105 Å². The van der Waals surface area contributed by atoms with E-state index in [9.17, 15) is 0 Å². The molecule has 0 spiro atoms. The molecule has 1 rings (SSSR count). The summed E-state index contributed by atoms with van der Waals surface area (Å²) in [7, 11) is 1.92. The van der Waals surface area contributed by atoms with Crippen LogP contribution in [0.1, 0.15) is 0 Å². The summed E-state index contributed by atoms with van der Waals surface area (Å²) in [6.45, 7) is 5.00. The fraction of sp³-hybridized carbons (Fsp3) is 0.100. The van der Waals surface area contributed by atoms with E-state index in [0.717, 1.165) is 9.83 Å². The summed E-state index contributed by atoms with van der Waals surface area (Å²) in [5, 5.41) is 0.0581. The maximum absolute atomic E-state index is 5.62. The molecule has 0 heterocycles. The number of halogens is 1. The molecule has 3 nitrogen and oxygen atoms in total. The van der Waals surface area contributed by atoms with Crippen LogP contribution in [0.5, 0.6) is 0 Å². The van der Waals surface area contributed by atoms with Gasteiger partial charge in [0.15, 0.2) is 0 Å². The Kier molecular flexibility index (Phi) is 4.86. The molecule has 1 aromatic rings. The molecule has 0 fully saturated rings. The zero-order valence-electron chi connectivity index (χ0n) is 8.09. The monoisotopic (exact) mass is 390 g/mol. The SMILES string of the molecule is [CH-]=N/C(Cl)=N\[C](=[W])N(C)c1ccccc1. The van der Waals surface area contributed by atoms with Gasteiger partial charge in [-0.2, -0.15) is 0 Å². The van der Waals surface area contributed by atoms with E-state index < -0.39 is 0 Å². The van der Waals surface area contributed by atoms with Crippen LogP contribution in [0.25, 0.3) is 0 Å². The third-order valence-corrected chi connectivity index (χ3v) is 3.22. The van der Waals surface area contributed by atoms with Gasteiger partial charge in [-0.1, -0.05) is 0 Å². The molecule has 0 aromatic heterocycles. The minimum absolute atomic E-state index is 0.0581. The predicted molar refractivity (Wildman–Crippen MR) is 61.6 cm³/mol. The molecule has 0 saturated carbocycles. The maximum atomic E-state index is 5.62. The summed E-state index contributed by atoms with van der Waals surface area (Å²) >= 11 is 6.81. The predicted octanol–water partition coefficient (Wildman–Crippen LogP) is 1.93. The summed E-state index contributed by atoms with van der Waals surface area (Å²) in [6.07, 6.45) is 0. The summed E-state index contributed by atoms with van der Waals surface area (Å²) < 4.78 is 0.806. The van der Waals surface area contributed by atoms with E-state index in [0.29, 0.717) is 0 Å². The molecule has 0 radical (unpaired) electrons. The van der Waals surface area contributed by atoms with Crippen LogP contribution in [-0.2, 0) is 19.4 Å². The second-order valence-corrected chi connectivity index (χ2v) is 4.34. The van der Waals surface area contributed by atoms with Crippen molar-refractivity contribution in [3.63, 3.8) is 0 Å². The van der Waals surface area contributed by atoms with Gasteiger partial charge in [-0.15, -0.1) is 0 Å². The van der Waals surface area contributed by atoms with Crippen molar-refractivity contribution in [1.29, 1.82) is 0 Å². The number of anilines is 1.